The van der Waals surface area contributed by atoms with Gasteiger partial charge >= 0.3 is 0 Å². The molecule has 2 atom stereocenters. The summed E-state index contributed by atoms with van der Waals surface area (Å²) in [5, 5.41) is 0. The minimum absolute atomic E-state index is 0.246. The van der Waals surface area contributed by atoms with E-state index in [9.17, 15) is 4.79 Å². The van der Waals surface area contributed by atoms with Crippen LogP contribution in [0.1, 0.15) is 40.0 Å². The second-order valence-corrected chi connectivity index (χ2v) is 4.87. The number of rotatable bonds is 2. The van der Waals surface area contributed by atoms with Gasteiger partial charge in [0.15, 0.2) is 0 Å². The van der Waals surface area contributed by atoms with Gasteiger partial charge in [-0.3, -0.25) is 0 Å². The predicted molar refractivity (Wildman–Crippen MR) is 55.5 cm³/mol. The molecule has 0 saturated heterocycles. The second kappa shape index (κ2) is 3.65. The normalized spacial score (nSPS) is 33.0. The first-order valence-corrected chi connectivity index (χ1v) is 5.11. The number of allylic oxidation sites excluding steroid dienone is 1. The Balaban J connectivity index is 2.84. The second-order valence-electron chi connectivity index (χ2n) is 4.87. The molecular weight excluding hydrogens is 160 g/mol. The Kier molecular flexibility index (Phi) is 2.94. The maximum atomic E-state index is 10.6. The summed E-state index contributed by atoms with van der Waals surface area (Å²) in [5.41, 5.74) is 1.52. The summed E-state index contributed by atoms with van der Waals surface area (Å²) in [7, 11) is 0. The molecule has 74 valence electrons. The Morgan fingerprint density at radius 3 is 2.77 bits per heavy atom. The first kappa shape index (κ1) is 10.5. The number of carbonyl (C=O) groups is 1. The summed E-state index contributed by atoms with van der Waals surface area (Å²) >= 11 is 0. The zero-order valence-electron chi connectivity index (χ0n) is 8.97. The Labute approximate surface area is 81.2 Å². The molecular formula is C12H20O. The van der Waals surface area contributed by atoms with Crippen LogP contribution in [0.3, 0.4) is 0 Å². The van der Waals surface area contributed by atoms with E-state index in [2.05, 4.69) is 27.4 Å². The van der Waals surface area contributed by atoms with Crippen LogP contribution >= 0.6 is 0 Å². The topological polar surface area (TPSA) is 17.1 Å². The van der Waals surface area contributed by atoms with Crippen LogP contribution in [0, 0.1) is 17.3 Å². The lowest BCUT2D eigenvalue weighted by atomic mass is 9.60. The fourth-order valence-corrected chi connectivity index (χ4v) is 2.38. The molecule has 0 aliphatic heterocycles. The highest BCUT2D eigenvalue weighted by atomic mass is 16.1. The minimum Gasteiger partial charge on any atom is -0.303 e. The molecule has 1 fully saturated rings. The third-order valence-corrected chi connectivity index (χ3v) is 3.89. The lowest BCUT2D eigenvalue weighted by Crippen LogP contribution is -2.36. The van der Waals surface area contributed by atoms with Gasteiger partial charge in [0.25, 0.3) is 0 Å². The molecule has 1 rings (SSSR count). The Morgan fingerprint density at radius 2 is 2.23 bits per heavy atom. The average Bonchev–Trinajstić information content (AvgIpc) is 2.06. The largest absolute Gasteiger partial charge is 0.303 e. The molecule has 0 aromatic carbocycles. The van der Waals surface area contributed by atoms with E-state index in [4.69, 9.17) is 0 Å². The molecule has 0 aromatic heterocycles. The summed E-state index contributed by atoms with van der Waals surface area (Å²) in [6.07, 6.45) is 4.01. The molecule has 1 saturated carbocycles. The molecule has 1 nitrogen and oxygen atoms in total. The van der Waals surface area contributed by atoms with E-state index in [1.165, 1.54) is 12.0 Å². The molecule has 0 heterocycles. The standard InChI is InChI=1S/C12H20O/c1-9-5-6-10(2)12(3,4)11(9)7-8-13/h8,10-11H,1,5-7H2,2-4H3/t10-,11+/m0/s1. The van der Waals surface area contributed by atoms with Gasteiger partial charge in [0.2, 0.25) is 0 Å². The first-order chi connectivity index (χ1) is 6.00. The Morgan fingerprint density at radius 1 is 1.62 bits per heavy atom. The van der Waals surface area contributed by atoms with E-state index in [0.29, 0.717) is 18.3 Å². The number of carbonyl (C=O) groups excluding carboxylic acids is 1. The van der Waals surface area contributed by atoms with E-state index < -0.39 is 0 Å². The van der Waals surface area contributed by atoms with Crippen molar-refractivity contribution in [2.24, 2.45) is 17.3 Å². The number of hydrogen-bond donors (Lipinski definition) is 0. The van der Waals surface area contributed by atoms with Gasteiger partial charge in [0.05, 0.1) is 0 Å². The summed E-state index contributed by atoms with van der Waals surface area (Å²) < 4.78 is 0. The summed E-state index contributed by atoms with van der Waals surface area (Å²) in [4.78, 5) is 10.6. The fourth-order valence-electron chi connectivity index (χ4n) is 2.38. The highest BCUT2D eigenvalue weighted by molar-refractivity contribution is 5.51. The van der Waals surface area contributed by atoms with Gasteiger partial charge in [-0.2, -0.15) is 0 Å². The van der Waals surface area contributed by atoms with Crippen molar-refractivity contribution in [3.63, 3.8) is 0 Å². The average molecular weight is 180 g/mol. The van der Waals surface area contributed by atoms with Gasteiger partial charge in [-0.05, 0) is 30.1 Å². The van der Waals surface area contributed by atoms with Gasteiger partial charge in [-0.15, -0.1) is 0 Å². The fraction of sp³-hybridized carbons (Fsp3) is 0.750. The monoisotopic (exact) mass is 180 g/mol. The van der Waals surface area contributed by atoms with Gasteiger partial charge in [-0.1, -0.05) is 32.9 Å². The van der Waals surface area contributed by atoms with Crippen LogP contribution in [0.5, 0.6) is 0 Å². The molecule has 0 spiro atoms. The zero-order valence-corrected chi connectivity index (χ0v) is 8.97. The molecule has 0 amide bonds. The van der Waals surface area contributed by atoms with Crippen LogP contribution in [-0.4, -0.2) is 6.29 Å². The Bertz CT molecular complexity index is 215. The van der Waals surface area contributed by atoms with Crippen molar-refractivity contribution in [2.75, 3.05) is 0 Å². The Hall–Kier alpha value is -0.590. The zero-order chi connectivity index (χ0) is 10.1. The summed E-state index contributed by atoms with van der Waals surface area (Å²) in [5.74, 6) is 1.09. The van der Waals surface area contributed by atoms with Gasteiger partial charge in [0, 0.05) is 6.42 Å². The molecule has 0 N–H and O–H groups in total. The lowest BCUT2D eigenvalue weighted by molar-refractivity contribution is -0.109. The molecule has 0 aromatic rings. The summed E-state index contributed by atoms with van der Waals surface area (Å²) in [6, 6.07) is 0. The minimum atomic E-state index is 0.246. The van der Waals surface area contributed by atoms with Crippen molar-refractivity contribution < 1.29 is 4.79 Å². The smallest absolute Gasteiger partial charge is 0.120 e. The highest BCUT2D eigenvalue weighted by Crippen LogP contribution is 2.47. The van der Waals surface area contributed by atoms with Crippen molar-refractivity contribution in [3.8, 4) is 0 Å². The molecule has 1 aliphatic carbocycles. The SMILES string of the molecule is C=C1CC[C@H](C)C(C)(C)[C@@H]1CC=O. The number of aldehydes is 1. The van der Waals surface area contributed by atoms with E-state index in [-0.39, 0.29) is 5.41 Å². The van der Waals surface area contributed by atoms with Crippen LogP contribution in [-0.2, 0) is 4.79 Å². The van der Waals surface area contributed by atoms with Crippen molar-refractivity contribution in [3.05, 3.63) is 12.2 Å². The summed E-state index contributed by atoms with van der Waals surface area (Å²) in [6.45, 7) is 10.9. The van der Waals surface area contributed by atoms with Crippen molar-refractivity contribution >= 4 is 6.29 Å². The third kappa shape index (κ3) is 1.84. The van der Waals surface area contributed by atoms with Gasteiger partial charge in [0.1, 0.15) is 6.29 Å². The van der Waals surface area contributed by atoms with E-state index in [1.807, 2.05) is 0 Å². The van der Waals surface area contributed by atoms with Crippen molar-refractivity contribution in [1.82, 2.24) is 0 Å². The maximum Gasteiger partial charge on any atom is 0.120 e. The quantitative estimate of drug-likeness (QED) is 0.471. The van der Waals surface area contributed by atoms with Gasteiger partial charge in [-0.25, -0.2) is 0 Å². The van der Waals surface area contributed by atoms with Crippen molar-refractivity contribution in [2.45, 2.75) is 40.0 Å². The van der Waals surface area contributed by atoms with E-state index in [0.717, 1.165) is 12.7 Å². The molecule has 0 bridgehead atoms. The van der Waals surface area contributed by atoms with Crippen LogP contribution in [0.25, 0.3) is 0 Å². The van der Waals surface area contributed by atoms with E-state index >= 15 is 0 Å². The van der Waals surface area contributed by atoms with E-state index in [1.54, 1.807) is 0 Å². The lowest BCUT2D eigenvalue weighted by Gasteiger charge is -2.44. The maximum absolute atomic E-state index is 10.6. The molecule has 0 unspecified atom stereocenters. The van der Waals surface area contributed by atoms with Crippen LogP contribution in [0.15, 0.2) is 12.2 Å². The van der Waals surface area contributed by atoms with Crippen molar-refractivity contribution in [1.29, 1.82) is 0 Å². The number of hydrogen-bond acceptors (Lipinski definition) is 1. The molecule has 1 heteroatoms. The van der Waals surface area contributed by atoms with Gasteiger partial charge < -0.3 is 4.79 Å². The molecule has 0 radical (unpaired) electrons. The molecule has 13 heavy (non-hydrogen) atoms. The third-order valence-electron chi connectivity index (χ3n) is 3.89. The van der Waals surface area contributed by atoms with Crippen LogP contribution in [0.2, 0.25) is 0 Å². The highest BCUT2D eigenvalue weighted by Gasteiger charge is 2.39. The predicted octanol–water partition coefficient (Wildman–Crippen LogP) is 3.20. The first-order valence-electron chi connectivity index (χ1n) is 5.11. The molecule has 1 aliphatic rings. The van der Waals surface area contributed by atoms with Crippen LogP contribution < -0.4 is 0 Å². The van der Waals surface area contributed by atoms with Crippen LogP contribution in [0.4, 0.5) is 0 Å².